The van der Waals surface area contributed by atoms with Gasteiger partial charge in [0.1, 0.15) is 0 Å². The van der Waals surface area contributed by atoms with Crippen molar-refractivity contribution in [1.29, 1.82) is 0 Å². The van der Waals surface area contributed by atoms with Crippen molar-refractivity contribution in [2.24, 2.45) is 4.99 Å². The monoisotopic (exact) mass is 288 g/mol. The molecule has 2 rings (SSSR count). The molecule has 1 aromatic carbocycles. The maximum Gasteiger partial charge on any atom is 0.161 e. The highest BCUT2D eigenvalue weighted by molar-refractivity contribution is 8.14. The lowest BCUT2D eigenvalue weighted by atomic mass is 10.0. The standard InChI is InChI=1S/C12H14Cl2N2S/c1-12(2)3-4-17-11(16-12)15-10-6-8(13)5-9(14)7-10/h5-7H,3-4H2,1-2H3,(H,15,16). The van der Waals surface area contributed by atoms with Gasteiger partial charge in [0.25, 0.3) is 0 Å². The summed E-state index contributed by atoms with van der Waals surface area (Å²) in [6.07, 6.45) is 1.10. The summed E-state index contributed by atoms with van der Waals surface area (Å²) in [4.78, 5) is 4.65. The molecule has 1 aromatic rings. The Morgan fingerprint density at radius 3 is 2.47 bits per heavy atom. The first-order chi connectivity index (χ1) is 7.94. The van der Waals surface area contributed by atoms with Crippen LogP contribution in [0.4, 0.5) is 5.69 Å². The molecule has 0 radical (unpaired) electrons. The molecule has 0 amide bonds. The lowest BCUT2D eigenvalue weighted by Gasteiger charge is -2.26. The first-order valence-electron chi connectivity index (χ1n) is 5.40. The molecule has 1 heterocycles. The molecule has 17 heavy (non-hydrogen) atoms. The number of hydrogen-bond donors (Lipinski definition) is 1. The number of anilines is 1. The molecule has 0 bridgehead atoms. The Labute approximate surface area is 116 Å². The van der Waals surface area contributed by atoms with Crippen LogP contribution in [0.1, 0.15) is 20.3 Å². The predicted molar refractivity (Wildman–Crippen MR) is 78.7 cm³/mol. The van der Waals surface area contributed by atoms with Crippen LogP contribution < -0.4 is 5.32 Å². The number of nitrogens with one attached hydrogen (secondary N) is 1. The Bertz CT molecular complexity index is 438. The van der Waals surface area contributed by atoms with E-state index in [-0.39, 0.29) is 5.54 Å². The van der Waals surface area contributed by atoms with Crippen LogP contribution in [0.3, 0.4) is 0 Å². The van der Waals surface area contributed by atoms with Crippen LogP contribution >= 0.6 is 35.0 Å². The fourth-order valence-corrected chi connectivity index (χ4v) is 3.40. The topological polar surface area (TPSA) is 24.4 Å². The Kier molecular flexibility index (Phi) is 3.91. The van der Waals surface area contributed by atoms with Gasteiger partial charge in [-0.2, -0.15) is 0 Å². The van der Waals surface area contributed by atoms with E-state index in [0.717, 1.165) is 23.0 Å². The molecule has 2 nitrogen and oxygen atoms in total. The van der Waals surface area contributed by atoms with Gasteiger partial charge in [0.05, 0.1) is 5.54 Å². The van der Waals surface area contributed by atoms with E-state index < -0.39 is 0 Å². The van der Waals surface area contributed by atoms with Crippen molar-refractivity contribution in [2.45, 2.75) is 25.8 Å². The van der Waals surface area contributed by atoms with Crippen molar-refractivity contribution >= 4 is 45.8 Å². The lowest BCUT2D eigenvalue weighted by Crippen LogP contribution is -2.27. The maximum absolute atomic E-state index is 5.95. The smallest absolute Gasteiger partial charge is 0.161 e. The zero-order valence-corrected chi connectivity index (χ0v) is 12.1. The molecule has 5 heteroatoms. The minimum atomic E-state index is 0.00987. The molecule has 0 saturated carbocycles. The van der Waals surface area contributed by atoms with Crippen molar-refractivity contribution in [2.75, 3.05) is 11.1 Å². The first-order valence-corrected chi connectivity index (χ1v) is 7.15. The van der Waals surface area contributed by atoms with Crippen molar-refractivity contribution < 1.29 is 0 Å². The van der Waals surface area contributed by atoms with Gasteiger partial charge in [0, 0.05) is 21.5 Å². The van der Waals surface area contributed by atoms with Gasteiger partial charge in [-0.15, -0.1) is 0 Å². The molecular formula is C12H14Cl2N2S. The fraction of sp³-hybridized carbons (Fsp3) is 0.417. The molecule has 0 unspecified atom stereocenters. The van der Waals surface area contributed by atoms with Crippen molar-refractivity contribution in [3.63, 3.8) is 0 Å². The highest BCUT2D eigenvalue weighted by Crippen LogP contribution is 2.28. The van der Waals surface area contributed by atoms with E-state index in [1.807, 2.05) is 12.1 Å². The lowest BCUT2D eigenvalue weighted by molar-refractivity contribution is 0.507. The highest BCUT2D eigenvalue weighted by Gasteiger charge is 2.22. The van der Waals surface area contributed by atoms with Crippen LogP contribution in [0.15, 0.2) is 23.2 Å². The summed E-state index contributed by atoms with van der Waals surface area (Å²) in [6.45, 7) is 4.28. The zero-order valence-electron chi connectivity index (χ0n) is 9.76. The molecular weight excluding hydrogens is 275 g/mol. The van der Waals surface area contributed by atoms with Crippen molar-refractivity contribution in [1.82, 2.24) is 0 Å². The minimum absolute atomic E-state index is 0.00987. The average molecular weight is 289 g/mol. The molecule has 0 aromatic heterocycles. The minimum Gasteiger partial charge on any atom is -0.335 e. The van der Waals surface area contributed by atoms with Crippen LogP contribution in [0.2, 0.25) is 10.0 Å². The van der Waals surface area contributed by atoms with E-state index in [9.17, 15) is 0 Å². The Balaban J connectivity index is 2.18. The summed E-state index contributed by atoms with van der Waals surface area (Å²) in [5.41, 5.74) is 0.891. The second kappa shape index (κ2) is 5.09. The molecule has 0 atom stereocenters. The van der Waals surface area contributed by atoms with Crippen LogP contribution in [0.25, 0.3) is 0 Å². The summed E-state index contributed by atoms with van der Waals surface area (Å²) >= 11 is 13.6. The molecule has 0 fully saturated rings. The van der Waals surface area contributed by atoms with Crippen LogP contribution in [-0.4, -0.2) is 16.5 Å². The van der Waals surface area contributed by atoms with E-state index in [2.05, 4.69) is 24.2 Å². The molecule has 1 N–H and O–H groups in total. The molecule has 92 valence electrons. The number of nitrogens with zero attached hydrogens (tertiary/aromatic N) is 1. The Morgan fingerprint density at radius 1 is 1.24 bits per heavy atom. The third-order valence-corrected chi connectivity index (χ3v) is 3.78. The predicted octanol–water partition coefficient (Wildman–Crippen LogP) is 4.68. The molecule has 1 aliphatic heterocycles. The molecule has 0 aliphatic carbocycles. The van der Waals surface area contributed by atoms with Crippen LogP contribution in [-0.2, 0) is 0 Å². The van der Waals surface area contributed by atoms with Gasteiger partial charge in [-0.3, -0.25) is 4.99 Å². The number of thioether (sulfide) groups is 1. The third-order valence-electron chi connectivity index (χ3n) is 2.47. The van der Waals surface area contributed by atoms with Gasteiger partial charge in [-0.1, -0.05) is 35.0 Å². The number of benzene rings is 1. The van der Waals surface area contributed by atoms with Crippen LogP contribution in [0, 0.1) is 0 Å². The number of hydrogen-bond acceptors (Lipinski definition) is 3. The largest absolute Gasteiger partial charge is 0.335 e. The first kappa shape index (κ1) is 13.1. The van der Waals surface area contributed by atoms with Crippen molar-refractivity contribution in [3.8, 4) is 0 Å². The zero-order chi connectivity index (χ0) is 12.5. The molecule has 0 saturated heterocycles. The van der Waals surface area contributed by atoms with Crippen LogP contribution in [0.5, 0.6) is 0 Å². The average Bonchev–Trinajstić information content (AvgIpc) is 2.13. The summed E-state index contributed by atoms with van der Waals surface area (Å²) < 4.78 is 0. The van der Waals surface area contributed by atoms with E-state index >= 15 is 0 Å². The number of amidine groups is 1. The van der Waals surface area contributed by atoms with Gasteiger partial charge in [-0.05, 0) is 38.5 Å². The number of rotatable bonds is 1. The summed E-state index contributed by atoms with van der Waals surface area (Å²) in [6, 6.07) is 5.41. The van der Waals surface area contributed by atoms with Gasteiger partial charge in [0.2, 0.25) is 0 Å². The quantitative estimate of drug-likeness (QED) is 0.812. The third kappa shape index (κ3) is 3.80. The fourth-order valence-electron chi connectivity index (χ4n) is 1.57. The maximum atomic E-state index is 5.95. The normalized spacial score (nSPS) is 18.7. The summed E-state index contributed by atoms with van der Waals surface area (Å²) in [5, 5.41) is 5.44. The summed E-state index contributed by atoms with van der Waals surface area (Å²) in [7, 11) is 0. The van der Waals surface area contributed by atoms with E-state index in [4.69, 9.17) is 23.2 Å². The Hall–Kier alpha value is -0.380. The van der Waals surface area contributed by atoms with Gasteiger partial charge in [-0.25, -0.2) is 0 Å². The SMILES string of the molecule is CC1(C)CCSC(Nc2cc(Cl)cc(Cl)c2)=N1. The van der Waals surface area contributed by atoms with E-state index in [1.165, 1.54) is 0 Å². The van der Waals surface area contributed by atoms with E-state index in [1.54, 1.807) is 17.8 Å². The second-order valence-corrected chi connectivity index (χ2v) is 6.57. The second-order valence-electron chi connectivity index (χ2n) is 4.61. The van der Waals surface area contributed by atoms with Gasteiger partial charge in [0.15, 0.2) is 5.17 Å². The van der Waals surface area contributed by atoms with Gasteiger partial charge >= 0.3 is 0 Å². The van der Waals surface area contributed by atoms with Gasteiger partial charge < -0.3 is 5.32 Å². The summed E-state index contributed by atoms with van der Waals surface area (Å²) in [5.74, 6) is 1.08. The number of aliphatic imine (C=N–C) groups is 1. The highest BCUT2D eigenvalue weighted by atomic mass is 35.5. The Morgan fingerprint density at radius 2 is 1.88 bits per heavy atom. The van der Waals surface area contributed by atoms with Crippen molar-refractivity contribution in [3.05, 3.63) is 28.2 Å². The molecule has 0 spiro atoms. The number of halogens is 2. The molecule has 1 aliphatic rings. The van der Waals surface area contributed by atoms with E-state index in [0.29, 0.717) is 10.0 Å².